The van der Waals surface area contributed by atoms with E-state index in [2.05, 4.69) is 4.98 Å². The third-order valence-corrected chi connectivity index (χ3v) is 3.58. The molecule has 19 heavy (non-hydrogen) atoms. The van der Waals surface area contributed by atoms with Crippen molar-refractivity contribution in [2.45, 2.75) is 6.04 Å². The lowest BCUT2D eigenvalue weighted by molar-refractivity contribution is 0.877. The SMILES string of the molecule is NC(c1ccccc1Cl)c1cccc2cccnc12. The minimum atomic E-state index is -0.271. The second-order valence-corrected chi connectivity index (χ2v) is 4.83. The third kappa shape index (κ3) is 2.21. The number of rotatable bonds is 2. The summed E-state index contributed by atoms with van der Waals surface area (Å²) in [4.78, 5) is 4.43. The summed E-state index contributed by atoms with van der Waals surface area (Å²) in [5, 5.41) is 1.77. The van der Waals surface area contributed by atoms with E-state index >= 15 is 0 Å². The zero-order valence-electron chi connectivity index (χ0n) is 10.3. The second-order valence-electron chi connectivity index (χ2n) is 4.42. The summed E-state index contributed by atoms with van der Waals surface area (Å²) < 4.78 is 0. The van der Waals surface area contributed by atoms with Gasteiger partial charge in [-0.05, 0) is 23.3 Å². The Hall–Kier alpha value is -1.90. The van der Waals surface area contributed by atoms with Crippen LogP contribution in [0, 0.1) is 0 Å². The molecule has 0 bridgehead atoms. The van der Waals surface area contributed by atoms with Crippen molar-refractivity contribution in [3.05, 3.63) is 76.9 Å². The Kier molecular flexibility index (Phi) is 3.20. The van der Waals surface area contributed by atoms with Crippen molar-refractivity contribution in [2.75, 3.05) is 0 Å². The molecule has 0 aliphatic rings. The molecule has 0 fully saturated rings. The molecular formula is C16H13ClN2. The van der Waals surface area contributed by atoms with Crippen LogP contribution in [0.2, 0.25) is 5.02 Å². The van der Waals surface area contributed by atoms with Crippen molar-refractivity contribution in [1.82, 2.24) is 4.98 Å². The van der Waals surface area contributed by atoms with Crippen LogP contribution in [0.3, 0.4) is 0 Å². The number of benzene rings is 2. The molecule has 0 aliphatic heterocycles. The fourth-order valence-corrected chi connectivity index (χ4v) is 2.53. The van der Waals surface area contributed by atoms with Crippen LogP contribution in [0.5, 0.6) is 0 Å². The molecule has 0 saturated carbocycles. The zero-order valence-corrected chi connectivity index (χ0v) is 11.0. The summed E-state index contributed by atoms with van der Waals surface area (Å²) in [5.74, 6) is 0. The third-order valence-electron chi connectivity index (χ3n) is 3.24. The first-order valence-electron chi connectivity index (χ1n) is 6.11. The van der Waals surface area contributed by atoms with Gasteiger partial charge in [-0.2, -0.15) is 0 Å². The highest BCUT2D eigenvalue weighted by Gasteiger charge is 2.15. The fraction of sp³-hybridized carbons (Fsp3) is 0.0625. The van der Waals surface area contributed by atoms with E-state index in [1.807, 2.05) is 54.6 Å². The molecule has 3 heteroatoms. The van der Waals surface area contributed by atoms with E-state index in [4.69, 9.17) is 17.3 Å². The largest absolute Gasteiger partial charge is 0.320 e. The summed E-state index contributed by atoms with van der Waals surface area (Å²) in [5.41, 5.74) is 9.20. The number of hydrogen-bond donors (Lipinski definition) is 1. The zero-order chi connectivity index (χ0) is 13.2. The van der Waals surface area contributed by atoms with Crippen LogP contribution < -0.4 is 5.73 Å². The van der Waals surface area contributed by atoms with Gasteiger partial charge in [0.1, 0.15) is 0 Å². The number of para-hydroxylation sites is 1. The van der Waals surface area contributed by atoms with Crippen molar-refractivity contribution in [2.24, 2.45) is 5.73 Å². The smallest absolute Gasteiger partial charge is 0.0753 e. The minimum absolute atomic E-state index is 0.271. The number of hydrogen-bond acceptors (Lipinski definition) is 2. The Morgan fingerprint density at radius 2 is 1.63 bits per heavy atom. The molecule has 3 rings (SSSR count). The van der Waals surface area contributed by atoms with Crippen LogP contribution in [-0.2, 0) is 0 Å². The van der Waals surface area contributed by atoms with Gasteiger partial charge >= 0.3 is 0 Å². The maximum Gasteiger partial charge on any atom is 0.0753 e. The standard InChI is InChI=1S/C16H13ClN2/c17-14-9-2-1-7-12(14)15(18)13-8-3-5-11-6-4-10-19-16(11)13/h1-10,15H,18H2. The van der Waals surface area contributed by atoms with Crippen LogP contribution in [0.1, 0.15) is 17.2 Å². The van der Waals surface area contributed by atoms with Gasteiger partial charge in [0.25, 0.3) is 0 Å². The van der Waals surface area contributed by atoms with Gasteiger partial charge in [0.15, 0.2) is 0 Å². The normalized spacial score (nSPS) is 12.5. The van der Waals surface area contributed by atoms with E-state index in [1.54, 1.807) is 6.20 Å². The maximum absolute atomic E-state index is 6.36. The summed E-state index contributed by atoms with van der Waals surface area (Å²) >= 11 is 6.22. The molecule has 2 N–H and O–H groups in total. The molecule has 0 spiro atoms. The van der Waals surface area contributed by atoms with E-state index in [-0.39, 0.29) is 6.04 Å². The van der Waals surface area contributed by atoms with Crippen LogP contribution in [-0.4, -0.2) is 4.98 Å². The number of fused-ring (bicyclic) bond motifs is 1. The molecular weight excluding hydrogens is 256 g/mol. The van der Waals surface area contributed by atoms with Gasteiger partial charge in [0, 0.05) is 16.6 Å². The highest BCUT2D eigenvalue weighted by molar-refractivity contribution is 6.31. The van der Waals surface area contributed by atoms with Crippen molar-refractivity contribution in [1.29, 1.82) is 0 Å². The van der Waals surface area contributed by atoms with Crippen molar-refractivity contribution >= 4 is 22.5 Å². The molecule has 3 aromatic rings. The Balaban J connectivity index is 2.17. The highest BCUT2D eigenvalue weighted by atomic mass is 35.5. The molecule has 2 nitrogen and oxygen atoms in total. The molecule has 1 heterocycles. The van der Waals surface area contributed by atoms with Gasteiger partial charge in [-0.1, -0.05) is 54.1 Å². The lowest BCUT2D eigenvalue weighted by Gasteiger charge is -2.15. The fourth-order valence-electron chi connectivity index (χ4n) is 2.27. The van der Waals surface area contributed by atoms with Crippen LogP contribution >= 0.6 is 11.6 Å². The van der Waals surface area contributed by atoms with Gasteiger partial charge in [-0.3, -0.25) is 4.98 Å². The molecule has 0 radical (unpaired) electrons. The van der Waals surface area contributed by atoms with Crippen LogP contribution in [0.4, 0.5) is 0 Å². The lowest BCUT2D eigenvalue weighted by Crippen LogP contribution is -2.13. The summed E-state index contributed by atoms with van der Waals surface area (Å²) in [6.45, 7) is 0. The first kappa shape index (κ1) is 12.2. The van der Waals surface area contributed by atoms with E-state index < -0.39 is 0 Å². The quantitative estimate of drug-likeness (QED) is 0.765. The Morgan fingerprint density at radius 1 is 0.895 bits per heavy atom. The predicted molar refractivity (Wildman–Crippen MR) is 79.2 cm³/mol. The number of aromatic nitrogens is 1. The second kappa shape index (κ2) is 5.00. The predicted octanol–water partition coefficient (Wildman–Crippen LogP) is 3.94. The van der Waals surface area contributed by atoms with E-state index in [0.29, 0.717) is 5.02 Å². The topological polar surface area (TPSA) is 38.9 Å². The number of pyridine rings is 1. The average Bonchev–Trinajstić information content (AvgIpc) is 2.46. The summed E-state index contributed by atoms with van der Waals surface area (Å²) in [6.07, 6.45) is 1.78. The van der Waals surface area contributed by atoms with Crippen molar-refractivity contribution in [3.63, 3.8) is 0 Å². The summed E-state index contributed by atoms with van der Waals surface area (Å²) in [6, 6.07) is 17.4. The molecule has 0 amide bonds. The van der Waals surface area contributed by atoms with Crippen molar-refractivity contribution < 1.29 is 0 Å². The van der Waals surface area contributed by atoms with E-state index in [9.17, 15) is 0 Å². The van der Waals surface area contributed by atoms with Crippen molar-refractivity contribution in [3.8, 4) is 0 Å². The average molecular weight is 269 g/mol. The minimum Gasteiger partial charge on any atom is -0.320 e. The Labute approximate surface area is 116 Å². The Bertz CT molecular complexity index is 719. The monoisotopic (exact) mass is 268 g/mol. The highest BCUT2D eigenvalue weighted by Crippen LogP contribution is 2.29. The molecule has 94 valence electrons. The molecule has 1 unspecified atom stereocenters. The van der Waals surface area contributed by atoms with E-state index in [1.165, 1.54) is 0 Å². The summed E-state index contributed by atoms with van der Waals surface area (Å²) in [7, 11) is 0. The van der Waals surface area contributed by atoms with Gasteiger partial charge in [-0.15, -0.1) is 0 Å². The molecule has 1 atom stereocenters. The van der Waals surface area contributed by atoms with Crippen LogP contribution in [0.15, 0.2) is 60.8 Å². The molecule has 2 aromatic carbocycles. The lowest BCUT2D eigenvalue weighted by atomic mass is 9.97. The first-order chi connectivity index (χ1) is 9.27. The number of nitrogens with two attached hydrogens (primary N) is 1. The van der Waals surface area contributed by atoms with Gasteiger partial charge in [0.2, 0.25) is 0 Å². The van der Waals surface area contributed by atoms with E-state index in [0.717, 1.165) is 22.0 Å². The molecule has 0 saturated heterocycles. The van der Waals surface area contributed by atoms with Crippen LogP contribution in [0.25, 0.3) is 10.9 Å². The Morgan fingerprint density at radius 3 is 2.47 bits per heavy atom. The molecule has 1 aromatic heterocycles. The molecule has 0 aliphatic carbocycles. The first-order valence-corrected chi connectivity index (χ1v) is 6.49. The number of nitrogens with zero attached hydrogens (tertiary/aromatic N) is 1. The maximum atomic E-state index is 6.36. The van der Waals surface area contributed by atoms with Gasteiger partial charge < -0.3 is 5.73 Å². The van der Waals surface area contributed by atoms with Gasteiger partial charge in [0.05, 0.1) is 11.6 Å². The number of halogens is 1. The van der Waals surface area contributed by atoms with Gasteiger partial charge in [-0.25, -0.2) is 0 Å².